The number of aryl methyl sites for hydroxylation is 2. The average molecular weight is 633 g/mol. The van der Waals surface area contributed by atoms with E-state index in [2.05, 4.69) is 35.5 Å². The molecule has 1 aromatic heterocycles. The zero-order chi connectivity index (χ0) is 32.2. The summed E-state index contributed by atoms with van der Waals surface area (Å²) in [6.45, 7) is 11.1. The Balaban J connectivity index is 1.48. The van der Waals surface area contributed by atoms with Crippen LogP contribution in [0.1, 0.15) is 87.2 Å². The van der Waals surface area contributed by atoms with Crippen LogP contribution in [-0.4, -0.2) is 59.1 Å². The molecule has 1 atom stereocenters. The molecule has 0 radical (unpaired) electrons. The van der Waals surface area contributed by atoms with E-state index in [1.165, 1.54) is 12.1 Å². The molecule has 3 aliphatic carbocycles. The molecule has 7 rings (SSSR count). The summed E-state index contributed by atoms with van der Waals surface area (Å²) >= 11 is 0. The first-order chi connectivity index (χ1) is 21.1. The van der Waals surface area contributed by atoms with E-state index < -0.39 is 15.6 Å². The van der Waals surface area contributed by atoms with Gasteiger partial charge in [0.05, 0.1) is 22.2 Å². The highest BCUT2D eigenvalue weighted by Crippen LogP contribution is 2.53. The molecular weight excluding hydrogens is 588 g/mol. The van der Waals surface area contributed by atoms with Crippen molar-refractivity contribution in [1.82, 2.24) is 14.9 Å². The molecule has 3 saturated carbocycles. The Bertz CT molecular complexity index is 1690. The van der Waals surface area contributed by atoms with Gasteiger partial charge in [0.15, 0.2) is 0 Å². The van der Waals surface area contributed by atoms with E-state index in [1.807, 2.05) is 36.9 Å². The van der Waals surface area contributed by atoms with E-state index in [1.54, 1.807) is 18.2 Å². The first-order valence-corrected chi connectivity index (χ1v) is 17.4. The lowest BCUT2D eigenvalue weighted by atomic mass is 9.58. The normalized spacial score (nSPS) is 26.2. The van der Waals surface area contributed by atoms with Crippen molar-refractivity contribution in [3.8, 4) is 17.1 Å². The number of nitrogens with zero attached hydrogens (tertiary/aromatic N) is 3. The van der Waals surface area contributed by atoms with Crippen molar-refractivity contribution in [2.75, 3.05) is 17.9 Å². The van der Waals surface area contributed by atoms with Gasteiger partial charge in [-0.25, -0.2) is 18.1 Å². The molecule has 0 saturated heterocycles. The Kier molecular flexibility index (Phi) is 7.96. The van der Waals surface area contributed by atoms with Crippen LogP contribution in [0.25, 0.3) is 11.3 Å². The van der Waals surface area contributed by atoms with Crippen LogP contribution in [0.5, 0.6) is 5.88 Å². The van der Waals surface area contributed by atoms with Gasteiger partial charge in [-0.1, -0.05) is 45.0 Å². The number of benzene rings is 2. The third-order valence-electron chi connectivity index (χ3n) is 9.90. The SMILES string of the molecule is Cc1cccc(C)c1-c1cc2nc(n1)NS(=O)(=O)c1cccc(c1)C(=O)N(CC13CCC(O)(CC1)CC3)[C@H](CC(C)(C)C)CO2. The van der Waals surface area contributed by atoms with Gasteiger partial charge < -0.3 is 14.7 Å². The highest BCUT2D eigenvalue weighted by molar-refractivity contribution is 7.92. The minimum Gasteiger partial charge on any atom is -0.475 e. The first kappa shape index (κ1) is 31.5. The third kappa shape index (κ3) is 6.58. The van der Waals surface area contributed by atoms with Crippen molar-refractivity contribution < 1.29 is 23.1 Å². The third-order valence-corrected chi connectivity index (χ3v) is 11.2. The number of rotatable bonds is 4. The van der Waals surface area contributed by atoms with Gasteiger partial charge in [0.25, 0.3) is 15.9 Å². The van der Waals surface area contributed by atoms with E-state index in [4.69, 9.17) is 4.74 Å². The van der Waals surface area contributed by atoms with Crippen molar-refractivity contribution in [2.45, 2.75) is 96.1 Å². The van der Waals surface area contributed by atoms with E-state index in [0.717, 1.165) is 55.2 Å². The molecule has 1 amide bonds. The largest absolute Gasteiger partial charge is 0.475 e. The summed E-state index contributed by atoms with van der Waals surface area (Å²) in [5.41, 5.74) is 2.89. The number of fused-ring (bicyclic) bond motifs is 7. The Morgan fingerprint density at radius 1 is 0.978 bits per heavy atom. The van der Waals surface area contributed by atoms with Gasteiger partial charge in [-0.15, -0.1) is 0 Å². The molecule has 1 aliphatic heterocycles. The Hall–Kier alpha value is -3.50. The van der Waals surface area contributed by atoms with Gasteiger partial charge in [0.1, 0.15) is 6.61 Å². The van der Waals surface area contributed by atoms with Crippen molar-refractivity contribution in [2.24, 2.45) is 10.8 Å². The lowest BCUT2D eigenvalue weighted by Crippen LogP contribution is -2.55. The topological polar surface area (TPSA) is 122 Å². The Morgan fingerprint density at radius 2 is 1.62 bits per heavy atom. The number of sulfonamides is 1. The number of amides is 1. The number of anilines is 1. The van der Waals surface area contributed by atoms with Gasteiger partial charge in [0, 0.05) is 23.7 Å². The second-order valence-corrected chi connectivity index (χ2v) is 16.4. The molecule has 6 bridgehead atoms. The number of carbonyl (C=O) groups is 1. The fraction of sp³-hybridized carbons (Fsp3) is 0.514. The zero-order valence-electron chi connectivity index (χ0n) is 26.9. The number of aliphatic hydroxyl groups is 1. The summed E-state index contributed by atoms with van der Waals surface area (Å²) < 4.78 is 36.3. The van der Waals surface area contributed by atoms with Gasteiger partial charge in [-0.2, -0.15) is 4.98 Å². The van der Waals surface area contributed by atoms with E-state index in [-0.39, 0.29) is 46.1 Å². The fourth-order valence-electron chi connectivity index (χ4n) is 7.39. The fourth-order valence-corrected chi connectivity index (χ4v) is 8.38. The summed E-state index contributed by atoms with van der Waals surface area (Å²) in [5.74, 6) is -0.0868. The second kappa shape index (κ2) is 11.4. The van der Waals surface area contributed by atoms with E-state index in [0.29, 0.717) is 24.2 Å². The first-order valence-electron chi connectivity index (χ1n) is 15.9. The second-order valence-electron chi connectivity index (χ2n) is 14.7. The van der Waals surface area contributed by atoms with Crippen molar-refractivity contribution in [3.05, 3.63) is 65.2 Å². The summed E-state index contributed by atoms with van der Waals surface area (Å²) in [6, 6.07) is 13.6. The minimum absolute atomic E-state index is 0.0398. The molecule has 2 aromatic carbocycles. The smallest absolute Gasteiger partial charge is 0.264 e. The molecule has 3 fully saturated rings. The van der Waals surface area contributed by atoms with Gasteiger partial charge >= 0.3 is 0 Å². The van der Waals surface area contributed by atoms with Crippen LogP contribution in [0.3, 0.4) is 0 Å². The highest BCUT2D eigenvalue weighted by Gasteiger charge is 2.49. The van der Waals surface area contributed by atoms with E-state index >= 15 is 0 Å². The average Bonchev–Trinajstić information content (AvgIpc) is 2.98. The molecular formula is C35H44N4O5S. The standard InChI is InChI=1S/C35H44N4O5S/c1-23-8-6-9-24(2)30(23)28-19-29-37-32(36-28)38-45(42,43)27-11-7-10-25(18-27)31(40)39(26(21-44-29)20-33(3,4)5)22-34-12-15-35(41,16-13-34)17-14-34/h6-11,18-19,26,41H,12-17,20-22H2,1-5H3,(H,36,37,38)/t26-,34?,35?/m1/s1. The lowest BCUT2D eigenvalue weighted by molar-refractivity contribution is -0.101. The number of ether oxygens (including phenoxy) is 1. The maximum Gasteiger partial charge on any atom is 0.264 e. The quantitative estimate of drug-likeness (QED) is 0.347. The van der Waals surface area contributed by atoms with Crippen LogP contribution in [0.2, 0.25) is 0 Å². The van der Waals surface area contributed by atoms with Crippen LogP contribution >= 0.6 is 0 Å². The lowest BCUT2D eigenvalue weighted by Gasteiger charge is -2.53. The van der Waals surface area contributed by atoms with Crippen LogP contribution in [0.15, 0.2) is 53.4 Å². The predicted octanol–water partition coefficient (Wildman–Crippen LogP) is 6.29. The van der Waals surface area contributed by atoms with Gasteiger partial charge in [-0.05, 0) is 98.9 Å². The molecule has 10 heteroatoms. The number of carbonyl (C=O) groups excluding carboxylic acids is 1. The summed E-state index contributed by atoms with van der Waals surface area (Å²) in [4.78, 5) is 25.5. The van der Waals surface area contributed by atoms with Crippen LogP contribution in [0.4, 0.5) is 5.95 Å². The molecule has 9 nitrogen and oxygen atoms in total. The number of nitrogens with one attached hydrogen (secondary N) is 1. The van der Waals surface area contributed by atoms with Crippen molar-refractivity contribution in [3.63, 3.8) is 0 Å². The zero-order valence-corrected chi connectivity index (χ0v) is 27.7. The van der Waals surface area contributed by atoms with Crippen LogP contribution in [-0.2, 0) is 10.0 Å². The molecule has 0 unspecified atom stereocenters. The molecule has 240 valence electrons. The molecule has 2 heterocycles. The molecule has 2 N–H and O–H groups in total. The number of hydrogen-bond donors (Lipinski definition) is 2. The maximum atomic E-state index is 14.5. The minimum atomic E-state index is -4.13. The maximum absolute atomic E-state index is 14.5. The molecule has 4 aliphatic rings. The van der Waals surface area contributed by atoms with Crippen LogP contribution < -0.4 is 9.46 Å². The molecule has 0 spiro atoms. The monoisotopic (exact) mass is 632 g/mol. The Morgan fingerprint density at radius 3 is 2.27 bits per heavy atom. The van der Waals surface area contributed by atoms with E-state index in [9.17, 15) is 18.3 Å². The Labute approximate surface area is 266 Å². The highest BCUT2D eigenvalue weighted by atomic mass is 32.2. The van der Waals surface area contributed by atoms with Gasteiger partial charge in [-0.3, -0.25) is 4.79 Å². The number of aromatic nitrogens is 2. The molecule has 3 aromatic rings. The predicted molar refractivity (Wildman–Crippen MR) is 174 cm³/mol. The van der Waals surface area contributed by atoms with Gasteiger partial charge in [0.2, 0.25) is 11.8 Å². The summed E-state index contributed by atoms with van der Waals surface area (Å²) in [7, 11) is -4.13. The van der Waals surface area contributed by atoms with Crippen molar-refractivity contribution in [1.29, 1.82) is 0 Å². The molecule has 45 heavy (non-hydrogen) atoms. The summed E-state index contributed by atoms with van der Waals surface area (Å²) in [6.07, 6.45) is 5.42. The van der Waals surface area contributed by atoms with Crippen molar-refractivity contribution >= 4 is 21.9 Å². The van der Waals surface area contributed by atoms with Crippen LogP contribution in [0, 0.1) is 24.7 Å². The summed E-state index contributed by atoms with van der Waals surface area (Å²) in [5, 5.41) is 10.9. The number of hydrogen-bond acceptors (Lipinski definition) is 7.